The second-order valence-corrected chi connectivity index (χ2v) is 6.81. The number of aromatic nitrogens is 4. The van der Waals surface area contributed by atoms with Gasteiger partial charge >= 0.3 is 0 Å². The van der Waals surface area contributed by atoms with Gasteiger partial charge in [-0.2, -0.15) is 0 Å². The van der Waals surface area contributed by atoms with E-state index in [-0.39, 0.29) is 0 Å². The summed E-state index contributed by atoms with van der Waals surface area (Å²) in [5, 5.41) is 1.99. The van der Waals surface area contributed by atoms with Crippen molar-refractivity contribution in [3.8, 4) is 22.6 Å². The van der Waals surface area contributed by atoms with Crippen molar-refractivity contribution < 1.29 is 0 Å². The maximum atomic E-state index is 4.63. The van der Waals surface area contributed by atoms with Gasteiger partial charge in [-0.3, -0.25) is 9.97 Å². The molecule has 4 aromatic rings. The molecule has 0 bridgehead atoms. The molecule has 0 radical (unpaired) electrons. The zero-order chi connectivity index (χ0) is 20.2. The summed E-state index contributed by atoms with van der Waals surface area (Å²) in [7, 11) is 0. The lowest BCUT2D eigenvalue weighted by Gasteiger charge is -2.05. The van der Waals surface area contributed by atoms with Crippen molar-refractivity contribution in [2.24, 2.45) is 0 Å². The average molecular weight is 378 g/mol. The summed E-state index contributed by atoms with van der Waals surface area (Å²) in [5.41, 5.74) is 6.63. The zero-order valence-electron chi connectivity index (χ0n) is 16.6. The highest BCUT2D eigenvalue weighted by Gasteiger charge is 2.12. The van der Waals surface area contributed by atoms with Gasteiger partial charge in [0.2, 0.25) is 0 Å². The first-order valence-corrected chi connectivity index (χ1v) is 9.52. The van der Waals surface area contributed by atoms with E-state index >= 15 is 0 Å². The maximum absolute atomic E-state index is 4.63. The van der Waals surface area contributed by atoms with Gasteiger partial charge in [0.05, 0.1) is 29.1 Å². The van der Waals surface area contributed by atoms with Gasteiger partial charge in [0.25, 0.3) is 0 Å². The SMILES string of the molecule is C=c1ccc(-c2nc[nH]c2-c2cccc(C)n2)c/c1=C/C(=C\C)c1ccccn1. The molecule has 4 heteroatoms. The predicted octanol–water partition coefficient (Wildman–Crippen LogP) is 4.14. The predicted molar refractivity (Wildman–Crippen MR) is 119 cm³/mol. The molecule has 0 aliphatic carbocycles. The Bertz CT molecular complexity index is 1280. The number of aryl methyl sites for hydroxylation is 1. The Labute approximate surface area is 170 Å². The molecule has 0 amide bonds. The number of imidazole rings is 1. The number of pyridine rings is 2. The number of aromatic amines is 1. The highest BCUT2D eigenvalue weighted by molar-refractivity contribution is 5.87. The monoisotopic (exact) mass is 378 g/mol. The first kappa shape index (κ1) is 18.6. The van der Waals surface area contributed by atoms with Gasteiger partial charge in [0, 0.05) is 17.5 Å². The van der Waals surface area contributed by atoms with Crippen molar-refractivity contribution >= 4 is 18.2 Å². The van der Waals surface area contributed by atoms with E-state index in [1.54, 1.807) is 12.5 Å². The van der Waals surface area contributed by atoms with Gasteiger partial charge in [0.15, 0.2) is 0 Å². The first-order valence-electron chi connectivity index (χ1n) is 9.52. The van der Waals surface area contributed by atoms with E-state index in [1.165, 1.54) is 0 Å². The molecule has 29 heavy (non-hydrogen) atoms. The quantitative estimate of drug-likeness (QED) is 0.581. The van der Waals surface area contributed by atoms with Crippen LogP contribution in [0.2, 0.25) is 0 Å². The van der Waals surface area contributed by atoms with Crippen LogP contribution in [-0.4, -0.2) is 19.9 Å². The number of nitrogens with one attached hydrogen (secondary N) is 1. The summed E-state index contributed by atoms with van der Waals surface area (Å²) in [5.74, 6) is 0. The molecule has 0 fully saturated rings. The molecular formula is C25H22N4. The number of allylic oxidation sites excluding steroid dienone is 2. The van der Waals surface area contributed by atoms with E-state index in [1.807, 2.05) is 62.4 Å². The maximum Gasteiger partial charge on any atom is 0.0977 e. The lowest BCUT2D eigenvalue weighted by atomic mass is 10.0. The third kappa shape index (κ3) is 3.92. The van der Waals surface area contributed by atoms with Gasteiger partial charge in [-0.1, -0.05) is 36.9 Å². The van der Waals surface area contributed by atoms with Crippen molar-refractivity contribution in [3.63, 3.8) is 0 Å². The Morgan fingerprint density at radius 3 is 2.69 bits per heavy atom. The van der Waals surface area contributed by atoms with E-state index in [4.69, 9.17) is 0 Å². The van der Waals surface area contributed by atoms with Crippen molar-refractivity contribution in [1.82, 2.24) is 19.9 Å². The molecule has 1 N–H and O–H groups in total. The minimum atomic E-state index is 0.873. The van der Waals surface area contributed by atoms with Gasteiger partial charge in [-0.05, 0) is 66.3 Å². The first-order chi connectivity index (χ1) is 14.2. The zero-order valence-corrected chi connectivity index (χ0v) is 16.6. The van der Waals surface area contributed by atoms with Crippen LogP contribution in [0.5, 0.6) is 0 Å². The van der Waals surface area contributed by atoms with E-state index in [0.29, 0.717) is 0 Å². The fourth-order valence-electron chi connectivity index (χ4n) is 3.27. The largest absolute Gasteiger partial charge is 0.343 e. The summed E-state index contributed by atoms with van der Waals surface area (Å²) in [6.45, 7) is 8.20. The van der Waals surface area contributed by atoms with Crippen LogP contribution in [-0.2, 0) is 0 Å². The fourth-order valence-corrected chi connectivity index (χ4v) is 3.27. The highest BCUT2D eigenvalue weighted by atomic mass is 14.9. The Morgan fingerprint density at radius 2 is 1.93 bits per heavy atom. The summed E-state index contributed by atoms with van der Waals surface area (Å²) >= 11 is 0. The van der Waals surface area contributed by atoms with Crippen LogP contribution in [0.1, 0.15) is 18.3 Å². The van der Waals surface area contributed by atoms with E-state index in [9.17, 15) is 0 Å². The minimum absolute atomic E-state index is 0.873. The van der Waals surface area contributed by atoms with Gasteiger partial charge in [-0.25, -0.2) is 4.98 Å². The number of nitrogens with zero attached hydrogens (tertiary/aromatic N) is 3. The molecule has 4 rings (SSSR count). The molecule has 0 aliphatic rings. The third-order valence-corrected chi connectivity index (χ3v) is 4.79. The van der Waals surface area contributed by atoms with Crippen molar-refractivity contribution in [3.05, 3.63) is 95.0 Å². The topological polar surface area (TPSA) is 54.5 Å². The normalized spacial score (nSPS) is 12.3. The van der Waals surface area contributed by atoms with Crippen molar-refractivity contribution in [2.75, 3.05) is 0 Å². The Balaban J connectivity index is 1.82. The smallest absolute Gasteiger partial charge is 0.0977 e. The van der Waals surface area contributed by atoms with Crippen LogP contribution in [0.25, 0.3) is 40.9 Å². The lowest BCUT2D eigenvalue weighted by Crippen LogP contribution is -2.22. The molecular weight excluding hydrogens is 356 g/mol. The van der Waals surface area contributed by atoms with Crippen LogP contribution in [0, 0.1) is 6.92 Å². The van der Waals surface area contributed by atoms with Gasteiger partial charge in [0.1, 0.15) is 0 Å². The molecule has 0 saturated heterocycles. The van der Waals surface area contributed by atoms with Crippen LogP contribution in [0.4, 0.5) is 0 Å². The summed E-state index contributed by atoms with van der Waals surface area (Å²) < 4.78 is 0. The van der Waals surface area contributed by atoms with Crippen LogP contribution in [0.3, 0.4) is 0 Å². The summed E-state index contributed by atoms with van der Waals surface area (Å²) in [4.78, 5) is 16.9. The van der Waals surface area contributed by atoms with Crippen LogP contribution >= 0.6 is 0 Å². The highest BCUT2D eigenvalue weighted by Crippen LogP contribution is 2.26. The Hall–Kier alpha value is -3.79. The average Bonchev–Trinajstić information content (AvgIpc) is 3.24. The number of H-pyrrole nitrogens is 1. The molecule has 3 heterocycles. The molecule has 1 aromatic carbocycles. The van der Waals surface area contributed by atoms with Crippen LogP contribution < -0.4 is 10.4 Å². The number of hydrogen-bond donors (Lipinski definition) is 1. The lowest BCUT2D eigenvalue weighted by molar-refractivity contribution is 1.19. The van der Waals surface area contributed by atoms with Crippen molar-refractivity contribution in [2.45, 2.75) is 13.8 Å². The Morgan fingerprint density at radius 1 is 1.03 bits per heavy atom. The number of hydrogen-bond acceptors (Lipinski definition) is 3. The van der Waals surface area contributed by atoms with E-state index in [0.717, 1.165) is 50.0 Å². The standard InChI is InChI=1S/C25H22N4/c1-4-19(22-9-5-6-13-26-22)14-21-15-20(12-11-17(21)2)24-25(28-16-27-24)23-10-7-8-18(3)29-23/h4-16H,2H2,1,3H3,(H,27,28)/b19-4+,21-14-. The van der Waals surface area contributed by atoms with Crippen molar-refractivity contribution in [1.29, 1.82) is 0 Å². The molecule has 0 atom stereocenters. The van der Waals surface area contributed by atoms with Crippen LogP contribution in [0.15, 0.2) is 73.2 Å². The summed E-state index contributed by atoms with van der Waals surface area (Å²) in [6.07, 6.45) is 7.69. The summed E-state index contributed by atoms with van der Waals surface area (Å²) in [6, 6.07) is 18.1. The molecule has 142 valence electrons. The van der Waals surface area contributed by atoms with Gasteiger partial charge in [-0.15, -0.1) is 0 Å². The van der Waals surface area contributed by atoms with E-state index < -0.39 is 0 Å². The molecule has 0 unspecified atom stereocenters. The second kappa shape index (κ2) is 8.07. The van der Waals surface area contributed by atoms with Gasteiger partial charge < -0.3 is 4.98 Å². The molecule has 0 spiro atoms. The molecule has 4 nitrogen and oxygen atoms in total. The molecule has 0 saturated carbocycles. The third-order valence-electron chi connectivity index (χ3n) is 4.79. The minimum Gasteiger partial charge on any atom is -0.343 e. The molecule has 0 aliphatic heterocycles. The molecule has 3 aromatic heterocycles. The Kier molecular flexibility index (Phi) is 5.16. The number of rotatable bonds is 4. The van der Waals surface area contributed by atoms with E-state index in [2.05, 4.69) is 44.7 Å². The number of benzene rings is 1. The fraction of sp³-hybridized carbons (Fsp3) is 0.0800. The second-order valence-electron chi connectivity index (χ2n) is 6.81.